The van der Waals surface area contributed by atoms with E-state index < -0.39 is 0 Å². The first kappa shape index (κ1) is 16.9. The molecule has 0 amide bonds. The van der Waals surface area contributed by atoms with Gasteiger partial charge in [-0.05, 0) is 37.4 Å². The number of rotatable bonds is 3. The van der Waals surface area contributed by atoms with Gasteiger partial charge in [-0.15, -0.1) is 0 Å². The summed E-state index contributed by atoms with van der Waals surface area (Å²) in [6.07, 6.45) is 3.29. The van der Waals surface area contributed by atoms with Gasteiger partial charge in [0, 0.05) is 35.5 Å². The van der Waals surface area contributed by atoms with Crippen molar-refractivity contribution < 1.29 is 19.0 Å². The largest absolute Gasteiger partial charge is 0.497 e. The maximum absolute atomic E-state index is 12.9. The standard InChI is InChI=1S/C22H26N2O4/c1-4-21-10-13(19(25)27-3)17-22(14-6-5-12(26-2)9-15(14)23-17)7-8-24(20(21)22)11-16-18(21)28-16/h5-6,9,16,18,20,23H,4,7-8,10-11H2,1-3H3/t16-,18-,20+,21+,22-/m1/s1. The highest BCUT2D eigenvalue weighted by Gasteiger charge is 2.73. The van der Waals surface area contributed by atoms with Gasteiger partial charge in [-0.2, -0.15) is 0 Å². The van der Waals surface area contributed by atoms with E-state index in [1.807, 2.05) is 6.07 Å². The van der Waals surface area contributed by atoms with Gasteiger partial charge in [-0.1, -0.05) is 13.0 Å². The van der Waals surface area contributed by atoms with Crippen LogP contribution in [0.5, 0.6) is 5.75 Å². The van der Waals surface area contributed by atoms with Gasteiger partial charge in [0.25, 0.3) is 0 Å². The van der Waals surface area contributed by atoms with Crippen LogP contribution in [-0.2, 0) is 19.7 Å². The number of fused-ring (bicyclic) bond motifs is 3. The fraction of sp³-hybridized carbons (Fsp3) is 0.591. The molecule has 0 unspecified atom stereocenters. The molecule has 6 nitrogen and oxygen atoms in total. The molecule has 0 radical (unpaired) electrons. The van der Waals surface area contributed by atoms with Crippen LogP contribution in [0.15, 0.2) is 29.5 Å². The Morgan fingerprint density at radius 3 is 3.00 bits per heavy atom. The van der Waals surface area contributed by atoms with Gasteiger partial charge in [0.2, 0.25) is 0 Å². The highest BCUT2D eigenvalue weighted by molar-refractivity contribution is 5.93. The van der Waals surface area contributed by atoms with Crippen LogP contribution in [0.25, 0.3) is 0 Å². The second-order valence-corrected chi connectivity index (χ2v) is 8.86. The fourth-order valence-electron chi connectivity index (χ4n) is 6.97. The van der Waals surface area contributed by atoms with E-state index in [4.69, 9.17) is 14.2 Å². The predicted octanol–water partition coefficient (Wildman–Crippen LogP) is 2.44. The second-order valence-electron chi connectivity index (χ2n) is 8.86. The molecule has 4 heterocycles. The molecule has 1 N–H and O–H groups in total. The smallest absolute Gasteiger partial charge is 0.335 e. The van der Waals surface area contributed by atoms with Crippen molar-refractivity contribution in [2.75, 3.05) is 32.6 Å². The lowest BCUT2D eigenvalue weighted by atomic mass is 9.53. The van der Waals surface area contributed by atoms with Crippen LogP contribution in [0.3, 0.4) is 0 Å². The van der Waals surface area contributed by atoms with Crippen molar-refractivity contribution in [1.82, 2.24) is 4.90 Å². The average Bonchev–Trinajstić information content (AvgIpc) is 3.31. The first-order chi connectivity index (χ1) is 13.6. The Balaban J connectivity index is 1.63. The number of methoxy groups -OCH3 is 2. The number of epoxide rings is 1. The molecular formula is C22H26N2O4. The number of ether oxygens (including phenoxy) is 3. The third kappa shape index (κ3) is 1.75. The minimum Gasteiger partial charge on any atom is -0.497 e. The number of carbonyl (C=O) groups excluding carboxylic acids is 1. The van der Waals surface area contributed by atoms with E-state index in [1.165, 1.54) is 12.7 Å². The maximum Gasteiger partial charge on any atom is 0.335 e. The zero-order valence-corrected chi connectivity index (χ0v) is 16.6. The third-order valence-electron chi connectivity index (χ3n) is 8.04. The number of carbonyl (C=O) groups is 1. The lowest BCUT2D eigenvalue weighted by molar-refractivity contribution is -0.137. The lowest BCUT2D eigenvalue weighted by Crippen LogP contribution is -2.63. The number of benzene rings is 1. The van der Waals surface area contributed by atoms with E-state index in [-0.39, 0.29) is 22.9 Å². The molecule has 0 aromatic heterocycles. The minimum atomic E-state index is -0.214. The molecule has 3 fully saturated rings. The van der Waals surface area contributed by atoms with Gasteiger partial charge in [0.1, 0.15) is 5.75 Å². The third-order valence-corrected chi connectivity index (χ3v) is 8.04. The Morgan fingerprint density at radius 1 is 1.39 bits per heavy atom. The fourth-order valence-corrected chi connectivity index (χ4v) is 6.97. The molecule has 6 heteroatoms. The van der Waals surface area contributed by atoms with E-state index in [0.717, 1.165) is 48.6 Å². The van der Waals surface area contributed by atoms with E-state index in [2.05, 4.69) is 29.3 Å². The van der Waals surface area contributed by atoms with Crippen molar-refractivity contribution in [1.29, 1.82) is 0 Å². The van der Waals surface area contributed by atoms with Gasteiger partial charge in [-0.25, -0.2) is 4.79 Å². The number of nitrogens with zero attached hydrogens (tertiary/aromatic N) is 1. The Kier molecular flexibility index (Phi) is 3.19. The van der Waals surface area contributed by atoms with Crippen molar-refractivity contribution in [3.63, 3.8) is 0 Å². The maximum atomic E-state index is 12.9. The Labute approximate surface area is 164 Å². The minimum absolute atomic E-state index is 0.0460. The molecule has 6 rings (SSSR count). The quantitative estimate of drug-likeness (QED) is 0.640. The van der Waals surface area contributed by atoms with Crippen LogP contribution < -0.4 is 10.1 Å². The van der Waals surface area contributed by atoms with Crippen LogP contribution in [0, 0.1) is 5.41 Å². The SMILES string of the molecule is CC[C@]12CC(C(=O)OC)=C3Nc4cc(OC)ccc4[C@]34CCN(C[C@H]3O[C@H]31)[C@@H]24. The molecule has 1 aliphatic carbocycles. The summed E-state index contributed by atoms with van der Waals surface area (Å²) in [5, 5.41) is 3.63. The topological polar surface area (TPSA) is 63.3 Å². The molecule has 1 aromatic carbocycles. The molecule has 5 aliphatic rings. The van der Waals surface area contributed by atoms with E-state index in [9.17, 15) is 4.79 Å². The van der Waals surface area contributed by atoms with Crippen molar-refractivity contribution in [3.8, 4) is 5.75 Å². The van der Waals surface area contributed by atoms with Crippen molar-refractivity contribution in [3.05, 3.63) is 35.0 Å². The van der Waals surface area contributed by atoms with Crippen LogP contribution >= 0.6 is 0 Å². The molecule has 5 atom stereocenters. The zero-order chi connectivity index (χ0) is 19.3. The second kappa shape index (κ2) is 5.30. The molecule has 1 aromatic rings. The molecule has 148 valence electrons. The van der Waals surface area contributed by atoms with Crippen molar-refractivity contribution >= 4 is 11.7 Å². The summed E-state index contributed by atoms with van der Waals surface area (Å²) < 4.78 is 16.9. The monoisotopic (exact) mass is 382 g/mol. The lowest BCUT2D eigenvalue weighted by Gasteiger charge is -2.54. The summed E-state index contributed by atoms with van der Waals surface area (Å²) in [7, 11) is 3.17. The number of hydrogen-bond donors (Lipinski definition) is 1. The van der Waals surface area contributed by atoms with Crippen LogP contribution in [0.1, 0.15) is 31.7 Å². The van der Waals surface area contributed by atoms with E-state index in [1.54, 1.807) is 7.11 Å². The van der Waals surface area contributed by atoms with Crippen LogP contribution in [0.4, 0.5) is 5.69 Å². The summed E-state index contributed by atoms with van der Waals surface area (Å²) >= 11 is 0. The summed E-state index contributed by atoms with van der Waals surface area (Å²) in [5.74, 6) is 0.613. The molecule has 0 bridgehead atoms. The van der Waals surface area contributed by atoms with Crippen molar-refractivity contribution in [2.24, 2.45) is 5.41 Å². The highest BCUT2D eigenvalue weighted by Crippen LogP contribution is 2.68. The summed E-state index contributed by atoms with van der Waals surface area (Å²) in [6, 6.07) is 6.64. The van der Waals surface area contributed by atoms with Gasteiger partial charge in [0.05, 0.1) is 37.4 Å². The molecular weight excluding hydrogens is 356 g/mol. The number of piperidine rings is 1. The summed E-state index contributed by atoms with van der Waals surface area (Å²) in [6.45, 7) is 4.29. The first-order valence-electron chi connectivity index (χ1n) is 10.3. The number of hydrogen-bond acceptors (Lipinski definition) is 6. The van der Waals surface area contributed by atoms with Crippen molar-refractivity contribution in [2.45, 2.75) is 49.9 Å². The Hall–Kier alpha value is -2.05. The van der Waals surface area contributed by atoms with Crippen LogP contribution in [-0.4, -0.2) is 56.4 Å². The number of anilines is 1. The normalized spacial score (nSPS) is 39.5. The predicted molar refractivity (Wildman–Crippen MR) is 103 cm³/mol. The van der Waals surface area contributed by atoms with E-state index in [0.29, 0.717) is 18.6 Å². The summed E-state index contributed by atoms with van der Waals surface area (Å²) in [4.78, 5) is 15.5. The summed E-state index contributed by atoms with van der Waals surface area (Å²) in [5.41, 5.74) is 3.95. The van der Waals surface area contributed by atoms with Gasteiger partial charge >= 0.3 is 5.97 Å². The Bertz CT molecular complexity index is 927. The van der Waals surface area contributed by atoms with Gasteiger partial charge < -0.3 is 19.5 Å². The first-order valence-corrected chi connectivity index (χ1v) is 10.3. The molecule has 3 saturated heterocycles. The molecule has 1 spiro atoms. The van der Waals surface area contributed by atoms with Gasteiger partial charge in [0.15, 0.2) is 0 Å². The van der Waals surface area contributed by atoms with Crippen LogP contribution in [0.2, 0.25) is 0 Å². The highest BCUT2D eigenvalue weighted by atomic mass is 16.6. The molecule has 28 heavy (non-hydrogen) atoms. The number of nitrogens with one attached hydrogen (secondary N) is 1. The molecule has 4 aliphatic heterocycles. The Morgan fingerprint density at radius 2 is 2.25 bits per heavy atom. The zero-order valence-electron chi connectivity index (χ0n) is 16.6. The van der Waals surface area contributed by atoms with E-state index >= 15 is 0 Å². The number of esters is 1. The van der Waals surface area contributed by atoms with Gasteiger partial charge in [-0.3, -0.25) is 4.90 Å². The molecule has 0 saturated carbocycles. The average molecular weight is 382 g/mol.